The van der Waals surface area contributed by atoms with Gasteiger partial charge in [0.15, 0.2) is 0 Å². The van der Waals surface area contributed by atoms with Gasteiger partial charge in [-0.25, -0.2) is 9.89 Å². The fourth-order valence-electron chi connectivity index (χ4n) is 3.34. The maximum atomic E-state index is 12.6. The summed E-state index contributed by atoms with van der Waals surface area (Å²) in [6, 6.07) is 0.0315. The molecule has 2 N–H and O–H groups in total. The fourth-order valence-corrected chi connectivity index (χ4v) is 3.59. The van der Waals surface area contributed by atoms with Crippen molar-refractivity contribution in [2.24, 2.45) is 20.0 Å². The van der Waals surface area contributed by atoms with Gasteiger partial charge in [0, 0.05) is 26.6 Å². The summed E-state index contributed by atoms with van der Waals surface area (Å²) < 4.78 is 3.00. The first-order valence-electron chi connectivity index (χ1n) is 8.06. The number of carbonyl (C=O) groups is 1. The Kier molecular flexibility index (Phi) is 4.75. The molecule has 1 amide bonds. The summed E-state index contributed by atoms with van der Waals surface area (Å²) in [5.74, 6) is 0.737. The molecule has 0 unspecified atom stereocenters. The van der Waals surface area contributed by atoms with Gasteiger partial charge in [-0.15, -0.1) is 0 Å². The van der Waals surface area contributed by atoms with Crippen molar-refractivity contribution in [2.45, 2.75) is 38.1 Å². The van der Waals surface area contributed by atoms with E-state index in [-0.39, 0.29) is 23.6 Å². The topological polar surface area (TPSA) is 97.6 Å². The van der Waals surface area contributed by atoms with Crippen molar-refractivity contribution in [3.63, 3.8) is 0 Å². The number of nitrogens with zero attached hydrogens (tertiary/aromatic N) is 4. The molecule has 0 bridgehead atoms. The molecule has 8 nitrogen and oxygen atoms in total. The predicted octanol–water partition coefficient (Wildman–Crippen LogP) is 1.03. The van der Waals surface area contributed by atoms with Crippen LogP contribution in [-0.4, -0.2) is 36.5 Å². The van der Waals surface area contributed by atoms with E-state index in [0.29, 0.717) is 23.0 Å². The Morgan fingerprint density at radius 1 is 1.42 bits per heavy atom. The van der Waals surface area contributed by atoms with Crippen LogP contribution in [0.15, 0.2) is 11.0 Å². The number of aromatic amines is 1. The molecular weight excluding hydrogens is 332 g/mol. The third-order valence-electron chi connectivity index (χ3n) is 4.75. The molecule has 0 saturated heterocycles. The summed E-state index contributed by atoms with van der Waals surface area (Å²) in [6.45, 7) is 0. The summed E-state index contributed by atoms with van der Waals surface area (Å²) >= 11 is 6.05. The number of nitrogens with one attached hydrogen (secondary N) is 2. The molecule has 1 aliphatic rings. The molecule has 0 aromatic carbocycles. The Morgan fingerprint density at radius 2 is 2.17 bits per heavy atom. The van der Waals surface area contributed by atoms with E-state index in [9.17, 15) is 9.59 Å². The van der Waals surface area contributed by atoms with Crippen LogP contribution in [0.2, 0.25) is 5.02 Å². The third-order valence-corrected chi connectivity index (χ3v) is 5.03. The van der Waals surface area contributed by atoms with Gasteiger partial charge in [0.25, 0.3) is 5.91 Å². The number of hydrogen-bond donors (Lipinski definition) is 2. The first-order valence-corrected chi connectivity index (χ1v) is 8.43. The monoisotopic (exact) mass is 352 g/mol. The van der Waals surface area contributed by atoms with Crippen LogP contribution in [-0.2, 0) is 20.5 Å². The molecule has 1 fully saturated rings. The van der Waals surface area contributed by atoms with Crippen molar-refractivity contribution < 1.29 is 4.79 Å². The van der Waals surface area contributed by atoms with E-state index in [1.165, 1.54) is 15.4 Å². The standard InChI is InChI=1S/C15H21ClN6O2/c1-21-12(19-20-15(21)24)7-9-5-3-4-6-11(9)18-14(23)13-10(16)8-17-22(13)2/h8-9,11H,3-7H2,1-2H3,(H,18,23)(H,20,24)/t9-,11-/m1/s1. The number of aromatic nitrogens is 5. The SMILES string of the molecule is Cn1ncc(Cl)c1C(=O)N[C@@H]1CCCC[C@@H]1Cc1n[nH]c(=O)n1C. The lowest BCUT2D eigenvalue weighted by molar-refractivity contribution is 0.0895. The molecule has 130 valence electrons. The summed E-state index contributed by atoms with van der Waals surface area (Å²) in [7, 11) is 3.39. The van der Waals surface area contributed by atoms with E-state index < -0.39 is 0 Å². The molecule has 24 heavy (non-hydrogen) atoms. The highest BCUT2D eigenvalue weighted by molar-refractivity contribution is 6.33. The van der Waals surface area contributed by atoms with Gasteiger partial charge in [-0.05, 0) is 18.8 Å². The van der Waals surface area contributed by atoms with E-state index in [2.05, 4.69) is 20.6 Å². The Labute approximate surface area is 144 Å². The van der Waals surface area contributed by atoms with Crippen LogP contribution in [0.3, 0.4) is 0 Å². The highest BCUT2D eigenvalue weighted by Gasteiger charge is 2.29. The zero-order chi connectivity index (χ0) is 17.3. The number of aryl methyl sites for hydroxylation is 1. The Morgan fingerprint density at radius 3 is 2.79 bits per heavy atom. The van der Waals surface area contributed by atoms with Crippen molar-refractivity contribution >= 4 is 17.5 Å². The third kappa shape index (κ3) is 3.24. The Bertz CT molecular complexity index is 773. The van der Waals surface area contributed by atoms with Crippen LogP contribution in [0.25, 0.3) is 0 Å². The minimum Gasteiger partial charge on any atom is -0.348 e. The second-order valence-corrected chi connectivity index (χ2v) is 6.70. The molecular formula is C15H21ClN6O2. The Balaban J connectivity index is 1.74. The normalized spacial score (nSPS) is 21.0. The van der Waals surface area contributed by atoms with Crippen LogP contribution in [0.4, 0.5) is 0 Å². The van der Waals surface area contributed by atoms with Crippen molar-refractivity contribution in [1.82, 2.24) is 29.9 Å². The Hall–Kier alpha value is -2.09. The van der Waals surface area contributed by atoms with Crippen molar-refractivity contribution in [1.29, 1.82) is 0 Å². The quantitative estimate of drug-likeness (QED) is 0.858. The molecule has 2 aromatic heterocycles. The van der Waals surface area contributed by atoms with Gasteiger partial charge < -0.3 is 5.32 Å². The van der Waals surface area contributed by atoms with E-state index in [0.717, 1.165) is 25.7 Å². The average Bonchev–Trinajstić information content (AvgIpc) is 3.05. The zero-order valence-electron chi connectivity index (χ0n) is 13.8. The molecule has 2 atom stereocenters. The van der Waals surface area contributed by atoms with Gasteiger partial charge in [0.1, 0.15) is 11.5 Å². The highest BCUT2D eigenvalue weighted by Crippen LogP contribution is 2.27. The van der Waals surface area contributed by atoms with Crippen LogP contribution < -0.4 is 11.0 Å². The molecule has 2 heterocycles. The first-order chi connectivity index (χ1) is 11.5. The smallest absolute Gasteiger partial charge is 0.343 e. The summed E-state index contributed by atoms with van der Waals surface area (Å²) in [6.07, 6.45) is 6.20. The van der Waals surface area contributed by atoms with E-state index in [1.54, 1.807) is 14.1 Å². The van der Waals surface area contributed by atoms with Gasteiger partial charge in [-0.1, -0.05) is 24.4 Å². The lowest BCUT2D eigenvalue weighted by Crippen LogP contribution is -2.43. The van der Waals surface area contributed by atoms with Gasteiger partial charge in [-0.3, -0.25) is 14.0 Å². The predicted molar refractivity (Wildman–Crippen MR) is 89.0 cm³/mol. The van der Waals surface area contributed by atoms with Gasteiger partial charge >= 0.3 is 5.69 Å². The summed E-state index contributed by atoms with van der Waals surface area (Å²) in [4.78, 5) is 24.1. The largest absolute Gasteiger partial charge is 0.348 e. The fraction of sp³-hybridized carbons (Fsp3) is 0.600. The van der Waals surface area contributed by atoms with Crippen LogP contribution in [0.5, 0.6) is 0 Å². The number of rotatable bonds is 4. The molecule has 3 rings (SSSR count). The molecule has 9 heteroatoms. The summed E-state index contributed by atoms with van der Waals surface area (Å²) in [5, 5.41) is 14.0. The molecule has 0 radical (unpaired) electrons. The second-order valence-electron chi connectivity index (χ2n) is 6.30. The van der Waals surface area contributed by atoms with Crippen LogP contribution in [0.1, 0.15) is 42.0 Å². The van der Waals surface area contributed by atoms with E-state index >= 15 is 0 Å². The number of carbonyl (C=O) groups excluding carboxylic acids is 1. The average molecular weight is 353 g/mol. The van der Waals surface area contributed by atoms with E-state index in [1.807, 2.05) is 0 Å². The lowest BCUT2D eigenvalue weighted by atomic mass is 9.82. The lowest BCUT2D eigenvalue weighted by Gasteiger charge is -2.32. The van der Waals surface area contributed by atoms with Gasteiger partial charge in [0.2, 0.25) is 0 Å². The molecule has 2 aromatic rings. The van der Waals surface area contributed by atoms with Crippen molar-refractivity contribution in [2.75, 3.05) is 0 Å². The van der Waals surface area contributed by atoms with Crippen LogP contribution in [0, 0.1) is 5.92 Å². The molecule has 0 spiro atoms. The van der Waals surface area contributed by atoms with Crippen LogP contribution >= 0.6 is 11.6 Å². The van der Waals surface area contributed by atoms with Gasteiger partial charge in [-0.2, -0.15) is 10.2 Å². The second kappa shape index (κ2) is 6.80. The number of hydrogen-bond acceptors (Lipinski definition) is 4. The maximum Gasteiger partial charge on any atom is 0.343 e. The molecule has 1 aliphatic carbocycles. The highest BCUT2D eigenvalue weighted by atomic mass is 35.5. The summed E-state index contributed by atoms with van der Waals surface area (Å²) in [5.41, 5.74) is 0.149. The van der Waals surface area contributed by atoms with Crippen molar-refractivity contribution in [3.8, 4) is 0 Å². The minimum atomic E-state index is -0.219. The number of H-pyrrole nitrogens is 1. The number of amides is 1. The number of halogens is 1. The van der Waals surface area contributed by atoms with Gasteiger partial charge in [0.05, 0.1) is 11.2 Å². The molecule has 1 saturated carbocycles. The minimum absolute atomic E-state index is 0.0315. The first kappa shape index (κ1) is 16.8. The maximum absolute atomic E-state index is 12.6. The zero-order valence-corrected chi connectivity index (χ0v) is 14.5. The van der Waals surface area contributed by atoms with E-state index in [4.69, 9.17) is 11.6 Å². The van der Waals surface area contributed by atoms with Crippen molar-refractivity contribution in [3.05, 3.63) is 33.2 Å². The molecule has 0 aliphatic heterocycles.